The number of carbonyl (C=O) groups is 1. The number of hydroxylamine groups is 1. The molecule has 1 N–H and O–H groups in total. The van der Waals surface area contributed by atoms with Crippen LogP contribution in [0, 0.1) is 0 Å². The van der Waals surface area contributed by atoms with Crippen molar-refractivity contribution in [3.63, 3.8) is 0 Å². The van der Waals surface area contributed by atoms with Crippen molar-refractivity contribution in [2.24, 2.45) is 0 Å². The smallest absolute Gasteiger partial charge is 0.268 e. The third-order valence-electron chi connectivity index (χ3n) is 3.81. The van der Waals surface area contributed by atoms with Crippen LogP contribution in [0.1, 0.15) is 10.4 Å². The van der Waals surface area contributed by atoms with Crippen LogP contribution in [0.25, 0.3) is 10.2 Å². The molecule has 0 atom stereocenters. The average molecular weight is 407 g/mol. The normalized spacial score (nSPS) is 11.7. The lowest BCUT2D eigenvalue weighted by Crippen LogP contribution is -2.26. The van der Waals surface area contributed by atoms with Gasteiger partial charge in [-0.25, -0.2) is 13.4 Å². The first-order chi connectivity index (χ1) is 12.9. The van der Waals surface area contributed by atoms with Crippen molar-refractivity contribution < 1.29 is 22.8 Å². The van der Waals surface area contributed by atoms with Crippen LogP contribution in [0.2, 0.25) is 0 Å². The minimum atomic E-state index is -3.99. The fraction of sp³-hybridized carbons (Fsp3) is 0.176. The molecule has 0 unspecified atom stereocenters. The van der Waals surface area contributed by atoms with E-state index in [0.29, 0.717) is 9.60 Å². The predicted octanol–water partition coefficient (Wildman–Crippen LogP) is 2.74. The molecule has 0 saturated carbocycles. The van der Waals surface area contributed by atoms with Gasteiger partial charge < -0.3 is 4.74 Å². The van der Waals surface area contributed by atoms with Crippen LogP contribution in [0.15, 0.2) is 47.4 Å². The number of para-hydroxylation sites is 1. The standard InChI is InChI=1S/C17H17N3O5S2/c1-20(25-3)27(22,23)15-10-11(8-9-13(15)24-2)16(21)19-17-18-12-6-4-5-7-14(12)26-17/h4-10H,1-3H3,(H,18,19,21). The van der Waals surface area contributed by atoms with E-state index in [4.69, 9.17) is 9.57 Å². The fourth-order valence-corrected chi connectivity index (χ4v) is 4.37. The molecule has 1 heterocycles. The summed E-state index contributed by atoms with van der Waals surface area (Å²) >= 11 is 1.33. The Hall–Kier alpha value is -2.53. The molecule has 1 aromatic heterocycles. The highest BCUT2D eigenvalue weighted by atomic mass is 32.2. The molecular weight excluding hydrogens is 390 g/mol. The van der Waals surface area contributed by atoms with Crippen LogP contribution >= 0.6 is 11.3 Å². The van der Waals surface area contributed by atoms with Gasteiger partial charge in [0.1, 0.15) is 10.6 Å². The third-order valence-corrected chi connectivity index (χ3v) is 6.47. The molecule has 0 spiro atoms. The molecule has 0 saturated heterocycles. The highest BCUT2D eigenvalue weighted by molar-refractivity contribution is 7.89. The summed E-state index contributed by atoms with van der Waals surface area (Å²) in [6.45, 7) is 0. The number of ether oxygens (including phenoxy) is 1. The number of amides is 1. The Balaban J connectivity index is 1.94. The van der Waals surface area contributed by atoms with Gasteiger partial charge in [-0.3, -0.25) is 14.9 Å². The quantitative estimate of drug-likeness (QED) is 0.631. The molecule has 142 valence electrons. The van der Waals surface area contributed by atoms with Gasteiger partial charge in [0.15, 0.2) is 5.13 Å². The Labute approximate surface area is 160 Å². The van der Waals surface area contributed by atoms with E-state index in [1.807, 2.05) is 24.3 Å². The lowest BCUT2D eigenvalue weighted by Gasteiger charge is -2.17. The van der Waals surface area contributed by atoms with Crippen LogP contribution < -0.4 is 10.1 Å². The predicted molar refractivity (Wildman–Crippen MR) is 103 cm³/mol. The Kier molecular flexibility index (Phi) is 5.42. The van der Waals surface area contributed by atoms with Crippen molar-refractivity contribution in [1.29, 1.82) is 0 Å². The van der Waals surface area contributed by atoms with E-state index in [2.05, 4.69) is 10.3 Å². The topological polar surface area (TPSA) is 97.8 Å². The summed E-state index contributed by atoms with van der Waals surface area (Å²) in [6, 6.07) is 11.6. The SMILES string of the molecule is COc1ccc(C(=O)Nc2nc3ccccc3s2)cc1S(=O)(=O)N(C)OC. The van der Waals surface area contributed by atoms with E-state index >= 15 is 0 Å². The number of anilines is 1. The summed E-state index contributed by atoms with van der Waals surface area (Å²) in [4.78, 5) is 21.5. The Morgan fingerprint density at radius 3 is 2.59 bits per heavy atom. The van der Waals surface area contributed by atoms with Crippen molar-refractivity contribution in [1.82, 2.24) is 9.45 Å². The molecule has 3 rings (SSSR count). The number of sulfonamides is 1. The first kappa shape index (κ1) is 19.2. The first-order valence-electron chi connectivity index (χ1n) is 7.75. The summed E-state index contributed by atoms with van der Waals surface area (Å²) < 4.78 is 31.9. The average Bonchev–Trinajstić information content (AvgIpc) is 3.08. The lowest BCUT2D eigenvalue weighted by atomic mass is 10.2. The van der Waals surface area contributed by atoms with Gasteiger partial charge in [-0.2, -0.15) is 0 Å². The molecule has 0 radical (unpaired) electrons. The molecular formula is C17H17N3O5S2. The molecule has 3 aromatic rings. The maximum Gasteiger partial charge on any atom is 0.268 e. The second kappa shape index (κ2) is 7.61. The van der Waals surface area contributed by atoms with E-state index < -0.39 is 15.9 Å². The second-order valence-electron chi connectivity index (χ2n) is 5.40. The van der Waals surface area contributed by atoms with Crippen molar-refractivity contribution in [2.45, 2.75) is 4.90 Å². The van der Waals surface area contributed by atoms with Crippen LogP contribution in [0.3, 0.4) is 0 Å². The van der Waals surface area contributed by atoms with E-state index in [1.54, 1.807) is 0 Å². The number of hydrogen-bond donors (Lipinski definition) is 1. The number of methoxy groups -OCH3 is 1. The number of nitrogens with zero attached hydrogens (tertiary/aromatic N) is 2. The number of thiazole rings is 1. The number of hydrogen-bond acceptors (Lipinski definition) is 7. The first-order valence-corrected chi connectivity index (χ1v) is 10.0. The van der Waals surface area contributed by atoms with Crippen molar-refractivity contribution in [2.75, 3.05) is 26.6 Å². The van der Waals surface area contributed by atoms with Gasteiger partial charge in [0.2, 0.25) is 0 Å². The zero-order valence-corrected chi connectivity index (χ0v) is 16.4. The number of aromatic nitrogens is 1. The van der Waals surface area contributed by atoms with Gasteiger partial charge in [-0.05, 0) is 30.3 Å². The molecule has 2 aromatic carbocycles. The molecule has 27 heavy (non-hydrogen) atoms. The van der Waals surface area contributed by atoms with Crippen molar-refractivity contribution in [3.8, 4) is 5.75 Å². The molecule has 0 bridgehead atoms. The molecule has 0 aliphatic carbocycles. The number of rotatable bonds is 6. The van der Waals surface area contributed by atoms with Gasteiger partial charge in [-0.15, -0.1) is 0 Å². The van der Waals surface area contributed by atoms with Crippen LogP contribution in [0.5, 0.6) is 5.75 Å². The largest absolute Gasteiger partial charge is 0.495 e. The van der Waals surface area contributed by atoms with E-state index in [0.717, 1.165) is 10.2 Å². The van der Waals surface area contributed by atoms with E-state index in [1.165, 1.54) is 50.8 Å². The number of nitrogens with one attached hydrogen (secondary N) is 1. The Bertz CT molecular complexity index is 1060. The van der Waals surface area contributed by atoms with Gasteiger partial charge in [-0.1, -0.05) is 27.9 Å². The Morgan fingerprint density at radius 2 is 1.93 bits per heavy atom. The molecule has 10 heteroatoms. The van der Waals surface area contributed by atoms with Gasteiger partial charge in [0, 0.05) is 12.6 Å². The fourth-order valence-electron chi connectivity index (χ4n) is 2.35. The maximum absolute atomic E-state index is 12.6. The summed E-state index contributed by atoms with van der Waals surface area (Å²) in [5.74, 6) is -0.372. The minimum Gasteiger partial charge on any atom is -0.495 e. The van der Waals surface area contributed by atoms with E-state index in [-0.39, 0.29) is 16.2 Å². The molecule has 0 aliphatic rings. The minimum absolute atomic E-state index is 0.107. The van der Waals surface area contributed by atoms with Crippen molar-refractivity contribution >= 4 is 42.6 Å². The third kappa shape index (κ3) is 3.78. The maximum atomic E-state index is 12.6. The summed E-state index contributed by atoms with van der Waals surface area (Å²) in [6.07, 6.45) is 0. The van der Waals surface area contributed by atoms with Crippen LogP contribution in [0.4, 0.5) is 5.13 Å². The second-order valence-corrected chi connectivity index (χ2v) is 8.34. The number of fused-ring (bicyclic) bond motifs is 1. The number of benzene rings is 2. The molecule has 0 aliphatic heterocycles. The van der Waals surface area contributed by atoms with Gasteiger partial charge >= 0.3 is 0 Å². The Morgan fingerprint density at radius 1 is 1.19 bits per heavy atom. The monoisotopic (exact) mass is 407 g/mol. The molecule has 0 fully saturated rings. The van der Waals surface area contributed by atoms with Crippen molar-refractivity contribution in [3.05, 3.63) is 48.0 Å². The zero-order chi connectivity index (χ0) is 19.6. The highest BCUT2D eigenvalue weighted by Gasteiger charge is 2.26. The van der Waals surface area contributed by atoms with Crippen LogP contribution in [-0.4, -0.2) is 45.0 Å². The summed E-state index contributed by atoms with van der Waals surface area (Å²) in [5, 5.41) is 3.12. The van der Waals surface area contributed by atoms with Gasteiger partial charge in [0.25, 0.3) is 15.9 Å². The number of carbonyl (C=O) groups excluding carboxylic acids is 1. The summed E-state index contributed by atoms with van der Waals surface area (Å²) in [7, 11) is -0.156. The van der Waals surface area contributed by atoms with Gasteiger partial charge in [0.05, 0.1) is 24.4 Å². The zero-order valence-electron chi connectivity index (χ0n) is 14.8. The molecule has 1 amide bonds. The highest BCUT2D eigenvalue weighted by Crippen LogP contribution is 2.29. The van der Waals surface area contributed by atoms with Crippen LogP contribution in [-0.2, 0) is 14.9 Å². The van der Waals surface area contributed by atoms with E-state index in [9.17, 15) is 13.2 Å². The summed E-state index contributed by atoms with van der Waals surface area (Å²) in [5.41, 5.74) is 0.927. The lowest BCUT2D eigenvalue weighted by molar-refractivity contribution is -0.0259. The molecule has 8 nitrogen and oxygen atoms in total.